The van der Waals surface area contributed by atoms with Gasteiger partial charge in [0.15, 0.2) is 0 Å². The molecular weight excluding hydrogens is 324 g/mol. The standard InChI is InChI=1S/C22H26N2O2/c25-21(14-7-11-18-9-3-1-4-10-18)23-20-13-8-12-19(17-20)22(26)24-15-5-2-6-16-24/h1,3-4,8-10,12-13,17H,2,5-7,11,14-16H2,(H,23,25). The van der Waals surface area contributed by atoms with Crippen LogP contribution in [0.5, 0.6) is 0 Å². The number of amides is 2. The number of anilines is 1. The molecule has 0 atom stereocenters. The van der Waals surface area contributed by atoms with Gasteiger partial charge in [-0.15, -0.1) is 0 Å². The summed E-state index contributed by atoms with van der Waals surface area (Å²) in [5.74, 6) is 0.0494. The van der Waals surface area contributed by atoms with Crippen LogP contribution in [-0.2, 0) is 11.2 Å². The Kier molecular flexibility index (Phi) is 6.42. The molecule has 2 aromatic carbocycles. The fourth-order valence-electron chi connectivity index (χ4n) is 3.33. The first-order chi connectivity index (χ1) is 12.7. The maximum atomic E-state index is 12.6. The van der Waals surface area contributed by atoms with Crippen molar-refractivity contribution in [3.8, 4) is 0 Å². The largest absolute Gasteiger partial charge is 0.339 e. The molecule has 1 aliphatic rings. The van der Waals surface area contributed by atoms with Crippen molar-refractivity contribution in [3.63, 3.8) is 0 Å². The van der Waals surface area contributed by atoms with Crippen LogP contribution >= 0.6 is 0 Å². The molecule has 1 aliphatic heterocycles. The molecule has 0 radical (unpaired) electrons. The molecule has 0 unspecified atom stereocenters. The monoisotopic (exact) mass is 350 g/mol. The summed E-state index contributed by atoms with van der Waals surface area (Å²) in [5.41, 5.74) is 2.58. The maximum Gasteiger partial charge on any atom is 0.253 e. The van der Waals surface area contributed by atoms with E-state index in [1.54, 1.807) is 6.07 Å². The van der Waals surface area contributed by atoms with Crippen LogP contribution in [0.4, 0.5) is 5.69 Å². The number of carbonyl (C=O) groups is 2. The van der Waals surface area contributed by atoms with Gasteiger partial charge < -0.3 is 10.2 Å². The highest BCUT2D eigenvalue weighted by molar-refractivity contribution is 5.97. The van der Waals surface area contributed by atoms with Crippen LogP contribution in [0.1, 0.15) is 48.0 Å². The Morgan fingerprint density at radius 2 is 1.69 bits per heavy atom. The van der Waals surface area contributed by atoms with Crippen LogP contribution in [0.2, 0.25) is 0 Å². The molecule has 4 nitrogen and oxygen atoms in total. The summed E-state index contributed by atoms with van der Waals surface area (Å²) in [6.07, 6.45) is 5.51. The topological polar surface area (TPSA) is 49.4 Å². The number of piperidine rings is 1. The molecule has 0 saturated carbocycles. The van der Waals surface area contributed by atoms with Crippen molar-refractivity contribution in [1.82, 2.24) is 4.90 Å². The Hall–Kier alpha value is -2.62. The minimum atomic E-state index is -0.0106. The minimum absolute atomic E-state index is 0.0106. The second kappa shape index (κ2) is 9.18. The van der Waals surface area contributed by atoms with Gasteiger partial charge in [-0.2, -0.15) is 0 Å². The summed E-state index contributed by atoms with van der Waals surface area (Å²) in [5, 5.41) is 2.92. The molecule has 4 heteroatoms. The molecule has 1 heterocycles. The summed E-state index contributed by atoms with van der Waals surface area (Å²) >= 11 is 0. The first-order valence-electron chi connectivity index (χ1n) is 9.45. The number of benzene rings is 2. The van der Waals surface area contributed by atoms with Gasteiger partial charge in [-0.3, -0.25) is 9.59 Å². The van der Waals surface area contributed by atoms with E-state index in [2.05, 4.69) is 17.4 Å². The van der Waals surface area contributed by atoms with Crippen LogP contribution in [0.25, 0.3) is 0 Å². The molecule has 2 amide bonds. The quantitative estimate of drug-likeness (QED) is 0.845. The van der Waals surface area contributed by atoms with E-state index in [1.807, 2.05) is 41.3 Å². The molecule has 1 saturated heterocycles. The fraction of sp³-hybridized carbons (Fsp3) is 0.364. The number of nitrogens with zero attached hydrogens (tertiary/aromatic N) is 1. The first-order valence-corrected chi connectivity index (χ1v) is 9.45. The molecule has 0 spiro atoms. The van der Waals surface area contributed by atoms with E-state index in [-0.39, 0.29) is 11.8 Å². The Morgan fingerprint density at radius 1 is 0.923 bits per heavy atom. The van der Waals surface area contributed by atoms with Crippen LogP contribution in [0.3, 0.4) is 0 Å². The summed E-state index contributed by atoms with van der Waals surface area (Å²) in [6, 6.07) is 17.4. The second-order valence-corrected chi connectivity index (χ2v) is 6.82. The highest BCUT2D eigenvalue weighted by atomic mass is 16.2. The molecular formula is C22H26N2O2. The van der Waals surface area contributed by atoms with Crippen molar-refractivity contribution in [2.45, 2.75) is 38.5 Å². The van der Waals surface area contributed by atoms with E-state index in [4.69, 9.17) is 0 Å². The first kappa shape index (κ1) is 18.2. The average Bonchev–Trinajstić information content (AvgIpc) is 2.69. The number of carbonyl (C=O) groups excluding carboxylic acids is 2. The summed E-state index contributed by atoms with van der Waals surface area (Å²) < 4.78 is 0. The van der Waals surface area contributed by atoms with Crippen molar-refractivity contribution in [2.75, 3.05) is 18.4 Å². The van der Waals surface area contributed by atoms with Crippen molar-refractivity contribution in [1.29, 1.82) is 0 Å². The predicted molar refractivity (Wildman–Crippen MR) is 104 cm³/mol. The molecule has 0 aromatic heterocycles. The molecule has 3 rings (SSSR count). The van der Waals surface area contributed by atoms with Gasteiger partial charge >= 0.3 is 0 Å². The summed E-state index contributed by atoms with van der Waals surface area (Å²) in [4.78, 5) is 26.7. The summed E-state index contributed by atoms with van der Waals surface area (Å²) in [7, 11) is 0. The molecule has 26 heavy (non-hydrogen) atoms. The molecule has 1 fully saturated rings. The SMILES string of the molecule is O=C(CCCc1ccccc1)Nc1cccc(C(=O)N2CCCCC2)c1. The second-order valence-electron chi connectivity index (χ2n) is 6.82. The Labute approximate surface area is 155 Å². The number of hydrogen-bond acceptors (Lipinski definition) is 2. The average molecular weight is 350 g/mol. The van der Waals surface area contributed by atoms with Gasteiger partial charge in [0.05, 0.1) is 0 Å². The fourth-order valence-corrected chi connectivity index (χ4v) is 3.33. The normalized spacial score (nSPS) is 14.1. The van der Waals surface area contributed by atoms with Gasteiger partial charge in [0, 0.05) is 30.8 Å². The van der Waals surface area contributed by atoms with E-state index in [0.717, 1.165) is 38.8 Å². The van der Waals surface area contributed by atoms with Gasteiger partial charge in [0.1, 0.15) is 0 Å². The zero-order valence-electron chi connectivity index (χ0n) is 15.1. The molecule has 2 aromatic rings. The predicted octanol–water partition coefficient (Wildman–Crippen LogP) is 4.27. The van der Waals surface area contributed by atoms with Crippen LogP contribution in [-0.4, -0.2) is 29.8 Å². The number of likely N-dealkylation sites (tertiary alicyclic amines) is 1. The minimum Gasteiger partial charge on any atom is -0.339 e. The number of aryl methyl sites for hydroxylation is 1. The summed E-state index contributed by atoms with van der Waals surface area (Å²) in [6.45, 7) is 1.66. The van der Waals surface area contributed by atoms with E-state index in [1.165, 1.54) is 12.0 Å². The lowest BCUT2D eigenvalue weighted by atomic mass is 10.1. The van der Waals surface area contributed by atoms with Crippen LogP contribution < -0.4 is 5.32 Å². The third-order valence-corrected chi connectivity index (χ3v) is 4.75. The highest BCUT2D eigenvalue weighted by Gasteiger charge is 2.18. The Balaban J connectivity index is 1.51. The van der Waals surface area contributed by atoms with Gasteiger partial charge in [0.2, 0.25) is 5.91 Å². The molecule has 0 bridgehead atoms. The van der Waals surface area contributed by atoms with Crippen LogP contribution in [0, 0.1) is 0 Å². The lowest BCUT2D eigenvalue weighted by Gasteiger charge is -2.26. The number of nitrogens with one attached hydrogen (secondary N) is 1. The smallest absolute Gasteiger partial charge is 0.253 e. The highest BCUT2D eigenvalue weighted by Crippen LogP contribution is 2.17. The molecule has 136 valence electrons. The molecule has 1 N–H and O–H groups in total. The zero-order valence-corrected chi connectivity index (χ0v) is 15.1. The third-order valence-electron chi connectivity index (χ3n) is 4.75. The third kappa shape index (κ3) is 5.19. The van der Waals surface area contributed by atoms with E-state index in [9.17, 15) is 9.59 Å². The Morgan fingerprint density at radius 3 is 2.46 bits per heavy atom. The lowest BCUT2D eigenvalue weighted by Crippen LogP contribution is -2.35. The maximum absolute atomic E-state index is 12.6. The van der Waals surface area contributed by atoms with Gasteiger partial charge in [-0.25, -0.2) is 0 Å². The van der Waals surface area contributed by atoms with Gasteiger partial charge in [0.25, 0.3) is 5.91 Å². The van der Waals surface area contributed by atoms with Crippen LogP contribution in [0.15, 0.2) is 54.6 Å². The zero-order chi connectivity index (χ0) is 18.2. The van der Waals surface area contributed by atoms with E-state index >= 15 is 0 Å². The van der Waals surface area contributed by atoms with Crippen molar-refractivity contribution < 1.29 is 9.59 Å². The lowest BCUT2D eigenvalue weighted by molar-refractivity contribution is -0.116. The Bertz CT molecular complexity index is 737. The molecule has 0 aliphatic carbocycles. The van der Waals surface area contributed by atoms with Crippen molar-refractivity contribution in [2.24, 2.45) is 0 Å². The van der Waals surface area contributed by atoms with Gasteiger partial charge in [-0.1, -0.05) is 36.4 Å². The van der Waals surface area contributed by atoms with E-state index in [0.29, 0.717) is 17.7 Å². The van der Waals surface area contributed by atoms with Crippen molar-refractivity contribution in [3.05, 3.63) is 65.7 Å². The number of hydrogen-bond donors (Lipinski definition) is 1. The van der Waals surface area contributed by atoms with Gasteiger partial charge in [-0.05, 0) is 55.9 Å². The van der Waals surface area contributed by atoms with Crippen molar-refractivity contribution >= 4 is 17.5 Å². The van der Waals surface area contributed by atoms with E-state index < -0.39 is 0 Å². The number of rotatable bonds is 6.